The van der Waals surface area contributed by atoms with Crippen LogP contribution in [0.4, 0.5) is 5.69 Å². The Hall–Kier alpha value is -1.01. The second-order valence-corrected chi connectivity index (χ2v) is 5.55. The number of hydrogen-bond acceptors (Lipinski definition) is 3. The van der Waals surface area contributed by atoms with Crippen molar-refractivity contribution in [2.24, 2.45) is 0 Å². The molecule has 0 aliphatic carbocycles. The number of halogens is 2. The van der Waals surface area contributed by atoms with Crippen LogP contribution in [-0.4, -0.2) is 17.3 Å². The van der Waals surface area contributed by atoms with E-state index in [2.05, 4.69) is 47.4 Å². The Kier molecular flexibility index (Phi) is 4.29. The number of nitrogens with zero attached hydrogens (tertiary/aromatic N) is 1. The number of rotatable bonds is 4. The van der Waals surface area contributed by atoms with Gasteiger partial charge < -0.3 is 10.1 Å². The van der Waals surface area contributed by atoms with E-state index in [1.54, 1.807) is 7.11 Å². The molecule has 0 aliphatic rings. The van der Waals surface area contributed by atoms with Gasteiger partial charge in [0.2, 0.25) is 0 Å². The third-order valence-corrected chi connectivity index (χ3v) is 3.92. The molecule has 18 heavy (non-hydrogen) atoms. The number of aromatic nitrogens is 2. The molecule has 4 nitrogen and oxygen atoms in total. The van der Waals surface area contributed by atoms with E-state index in [0.29, 0.717) is 6.54 Å². The number of hydrogen-bond donors (Lipinski definition) is 2. The highest BCUT2D eigenvalue weighted by molar-refractivity contribution is 9.11. The average Bonchev–Trinajstić information content (AvgIpc) is 2.74. The van der Waals surface area contributed by atoms with Crippen LogP contribution in [-0.2, 0) is 6.54 Å². The quantitative estimate of drug-likeness (QED) is 0.854. The molecule has 0 aliphatic heterocycles. The number of anilines is 1. The predicted octanol–water partition coefficient (Wildman–Crippen LogP) is 3.86. The molecule has 0 spiro atoms. The maximum atomic E-state index is 5.28. The first-order valence-corrected chi connectivity index (χ1v) is 6.96. The summed E-state index contributed by atoms with van der Waals surface area (Å²) < 4.78 is 7.18. The number of ether oxygens (including phenoxy) is 1. The fraction of sp³-hybridized carbons (Fsp3) is 0.250. The monoisotopic (exact) mass is 373 g/mol. The molecular formula is C12H13Br2N3O. The fourth-order valence-corrected chi connectivity index (χ4v) is 2.86. The van der Waals surface area contributed by atoms with Crippen LogP contribution < -0.4 is 10.1 Å². The summed E-state index contributed by atoms with van der Waals surface area (Å²) in [5.41, 5.74) is 3.20. The first-order valence-electron chi connectivity index (χ1n) is 5.37. The highest BCUT2D eigenvalue weighted by Crippen LogP contribution is 2.34. The van der Waals surface area contributed by atoms with Crippen LogP contribution in [0.1, 0.15) is 11.3 Å². The van der Waals surface area contributed by atoms with Gasteiger partial charge in [0.1, 0.15) is 5.75 Å². The van der Waals surface area contributed by atoms with E-state index in [9.17, 15) is 0 Å². The maximum absolute atomic E-state index is 5.28. The summed E-state index contributed by atoms with van der Waals surface area (Å²) in [6.45, 7) is 2.72. The van der Waals surface area contributed by atoms with E-state index in [4.69, 9.17) is 4.74 Å². The molecule has 1 heterocycles. The molecule has 1 aromatic carbocycles. The van der Waals surface area contributed by atoms with Gasteiger partial charge in [-0.2, -0.15) is 5.10 Å². The summed E-state index contributed by atoms with van der Waals surface area (Å²) >= 11 is 6.97. The normalized spacial score (nSPS) is 10.4. The van der Waals surface area contributed by atoms with Crippen LogP contribution in [0.5, 0.6) is 5.75 Å². The lowest BCUT2D eigenvalue weighted by Crippen LogP contribution is -2.01. The molecule has 0 unspecified atom stereocenters. The molecule has 2 N–H and O–H groups in total. The summed E-state index contributed by atoms with van der Waals surface area (Å²) in [6, 6.07) is 3.91. The molecule has 0 bridgehead atoms. The SMILES string of the molecule is COc1cc(NCc2cn[nH]c2C)c(Br)cc1Br. The lowest BCUT2D eigenvalue weighted by atomic mass is 10.2. The lowest BCUT2D eigenvalue weighted by Gasteiger charge is -2.11. The van der Waals surface area contributed by atoms with Crippen LogP contribution in [0.2, 0.25) is 0 Å². The zero-order chi connectivity index (χ0) is 13.1. The topological polar surface area (TPSA) is 49.9 Å². The largest absolute Gasteiger partial charge is 0.495 e. The Balaban J connectivity index is 2.16. The minimum Gasteiger partial charge on any atom is -0.495 e. The van der Waals surface area contributed by atoms with E-state index in [1.807, 2.05) is 25.3 Å². The summed E-state index contributed by atoms with van der Waals surface area (Å²) in [6.07, 6.45) is 1.83. The van der Waals surface area contributed by atoms with Crippen molar-refractivity contribution in [3.63, 3.8) is 0 Å². The van der Waals surface area contributed by atoms with Gasteiger partial charge >= 0.3 is 0 Å². The van der Waals surface area contributed by atoms with Crippen molar-refractivity contribution in [1.29, 1.82) is 0 Å². The average molecular weight is 375 g/mol. The molecule has 96 valence electrons. The van der Waals surface area contributed by atoms with E-state index in [0.717, 1.165) is 31.6 Å². The first-order chi connectivity index (χ1) is 8.61. The van der Waals surface area contributed by atoms with Crippen molar-refractivity contribution >= 4 is 37.5 Å². The second-order valence-electron chi connectivity index (χ2n) is 3.84. The Morgan fingerprint density at radius 3 is 2.72 bits per heavy atom. The molecule has 0 fully saturated rings. The second kappa shape index (κ2) is 5.75. The summed E-state index contributed by atoms with van der Waals surface area (Å²) in [5, 5.41) is 10.3. The molecule has 1 aromatic heterocycles. The molecular weight excluding hydrogens is 362 g/mol. The third kappa shape index (κ3) is 2.87. The summed E-state index contributed by atoms with van der Waals surface area (Å²) in [7, 11) is 1.65. The van der Waals surface area contributed by atoms with Gasteiger partial charge in [0.15, 0.2) is 0 Å². The van der Waals surface area contributed by atoms with Gasteiger partial charge in [0.25, 0.3) is 0 Å². The summed E-state index contributed by atoms with van der Waals surface area (Å²) in [4.78, 5) is 0. The zero-order valence-electron chi connectivity index (χ0n) is 10.1. The zero-order valence-corrected chi connectivity index (χ0v) is 13.2. The van der Waals surface area contributed by atoms with E-state index < -0.39 is 0 Å². The Bertz CT molecular complexity index is 554. The number of aryl methyl sites for hydroxylation is 1. The molecule has 2 aromatic rings. The van der Waals surface area contributed by atoms with E-state index >= 15 is 0 Å². The maximum Gasteiger partial charge on any atom is 0.135 e. The number of benzene rings is 1. The third-order valence-electron chi connectivity index (χ3n) is 2.65. The van der Waals surface area contributed by atoms with Crippen LogP contribution in [0, 0.1) is 6.92 Å². The van der Waals surface area contributed by atoms with Gasteiger partial charge in [-0.25, -0.2) is 0 Å². The van der Waals surface area contributed by atoms with Crippen LogP contribution in [0.3, 0.4) is 0 Å². The minimum absolute atomic E-state index is 0.714. The van der Waals surface area contributed by atoms with Crippen molar-refractivity contribution in [3.8, 4) is 5.75 Å². The smallest absolute Gasteiger partial charge is 0.135 e. The molecule has 0 saturated carbocycles. The van der Waals surface area contributed by atoms with Gasteiger partial charge in [0, 0.05) is 28.3 Å². The molecule has 6 heteroatoms. The van der Waals surface area contributed by atoms with Gasteiger partial charge in [-0.05, 0) is 44.8 Å². The molecule has 0 atom stereocenters. The number of H-pyrrole nitrogens is 1. The van der Waals surface area contributed by atoms with Crippen molar-refractivity contribution < 1.29 is 4.74 Å². The Morgan fingerprint density at radius 2 is 2.11 bits per heavy atom. The van der Waals surface area contributed by atoms with Crippen LogP contribution in [0.15, 0.2) is 27.3 Å². The summed E-state index contributed by atoms with van der Waals surface area (Å²) in [5.74, 6) is 0.796. The molecule has 0 saturated heterocycles. The minimum atomic E-state index is 0.714. The van der Waals surface area contributed by atoms with Crippen LogP contribution >= 0.6 is 31.9 Å². The Labute approximate surface area is 122 Å². The standard InChI is InChI=1S/C12H13Br2N3O/c1-7-8(6-16-17-7)5-15-11-4-12(18-2)10(14)3-9(11)13/h3-4,6,15H,5H2,1-2H3,(H,16,17). The number of methoxy groups -OCH3 is 1. The molecule has 0 radical (unpaired) electrons. The van der Waals surface area contributed by atoms with Crippen molar-refractivity contribution in [2.75, 3.05) is 12.4 Å². The van der Waals surface area contributed by atoms with Gasteiger partial charge in [0.05, 0.1) is 23.5 Å². The lowest BCUT2D eigenvalue weighted by molar-refractivity contribution is 0.412. The molecule has 2 rings (SSSR count). The van der Waals surface area contributed by atoms with Gasteiger partial charge in [-0.15, -0.1) is 0 Å². The highest BCUT2D eigenvalue weighted by atomic mass is 79.9. The van der Waals surface area contributed by atoms with E-state index in [-0.39, 0.29) is 0 Å². The fourth-order valence-electron chi connectivity index (χ4n) is 1.57. The highest BCUT2D eigenvalue weighted by Gasteiger charge is 2.08. The van der Waals surface area contributed by atoms with Crippen molar-refractivity contribution in [3.05, 3.63) is 38.5 Å². The number of aromatic amines is 1. The van der Waals surface area contributed by atoms with Crippen molar-refractivity contribution in [2.45, 2.75) is 13.5 Å². The first kappa shape index (κ1) is 13.4. The van der Waals surface area contributed by atoms with E-state index in [1.165, 1.54) is 0 Å². The molecule has 0 amide bonds. The van der Waals surface area contributed by atoms with Gasteiger partial charge in [-0.3, -0.25) is 5.10 Å². The number of nitrogens with one attached hydrogen (secondary N) is 2. The Morgan fingerprint density at radius 1 is 1.33 bits per heavy atom. The van der Waals surface area contributed by atoms with Crippen LogP contribution in [0.25, 0.3) is 0 Å². The van der Waals surface area contributed by atoms with Gasteiger partial charge in [-0.1, -0.05) is 0 Å². The predicted molar refractivity (Wildman–Crippen MR) is 79.0 cm³/mol. The van der Waals surface area contributed by atoms with Crippen molar-refractivity contribution in [1.82, 2.24) is 10.2 Å².